The van der Waals surface area contributed by atoms with Gasteiger partial charge in [-0.2, -0.15) is 0 Å². The second-order valence-corrected chi connectivity index (χ2v) is 5.33. The molecular formula is C11H10ClN3O4S. The number of benzene rings is 1. The number of carbonyl (C=O) groups is 2. The molecule has 9 heteroatoms. The highest BCUT2D eigenvalue weighted by Crippen LogP contribution is 2.29. The number of non-ortho nitro benzene ring substituents is 1. The SMILES string of the molecule is O=C1SC(Nc2cccc([N+](=O)[O-])c2)C(=O)N1CCCl. The molecule has 1 aliphatic rings. The molecule has 1 aromatic rings. The number of rotatable bonds is 5. The largest absolute Gasteiger partial charge is 0.365 e. The Kier molecular flexibility index (Phi) is 4.46. The Morgan fingerprint density at radius 3 is 2.85 bits per heavy atom. The minimum Gasteiger partial charge on any atom is -0.365 e. The number of carbonyl (C=O) groups excluding carboxylic acids is 2. The summed E-state index contributed by atoms with van der Waals surface area (Å²) in [6.45, 7) is 0.152. The van der Waals surface area contributed by atoms with Crippen LogP contribution in [0.2, 0.25) is 0 Å². The molecule has 1 aromatic carbocycles. The van der Waals surface area contributed by atoms with E-state index in [-0.39, 0.29) is 23.4 Å². The Morgan fingerprint density at radius 1 is 1.45 bits per heavy atom. The third-order valence-corrected chi connectivity index (χ3v) is 3.74. The van der Waals surface area contributed by atoms with Gasteiger partial charge >= 0.3 is 0 Å². The van der Waals surface area contributed by atoms with E-state index in [1.54, 1.807) is 6.07 Å². The standard InChI is InChI=1S/C11H10ClN3O4S/c12-4-5-14-10(16)9(20-11(14)17)13-7-2-1-3-8(6-7)15(18)19/h1-3,6,9,13H,4-5H2. The molecule has 0 spiro atoms. The Hall–Kier alpha value is -1.80. The van der Waals surface area contributed by atoms with Gasteiger partial charge in [0.15, 0.2) is 5.37 Å². The van der Waals surface area contributed by atoms with Crippen LogP contribution in [0.3, 0.4) is 0 Å². The van der Waals surface area contributed by atoms with Gasteiger partial charge in [-0.05, 0) is 17.8 Å². The molecule has 0 radical (unpaired) electrons. The van der Waals surface area contributed by atoms with Crippen LogP contribution in [-0.2, 0) is 4.79 Å². The van der Waals surface area contributed by atoms with Crippen molar-refractivity contribution in [3.63, 3.8) is 0 Å². The van der Waals surface area contributed by atoms with Crippen molar-refractivity contribution >= 4 is 45.9 Å². The molecule has 2 amide bonds. The molecule has 1 N–H and O–H groups in total. The number of hydrogen-bond acceptors (Lipinski definition) is 6. The average Bonchev–Trinajstić information content (AvgIpc) is 2.67. The van der Waals surface area contributed by atoms with E-state index in [1.807, 2.05) is 0 Å². The van der Waals surface area contributed by atoms with Crippen molar-refractivity contribution in [3.05, 3.63) is 34.4 Å². The van der Waals surface area contributed by atoms with Crippen molar-refractivity contribution in [2.24, 2.45) is 0 Å². The van der Waals surface area contributed by atoms with Crippen LogP contribution in [0.4, 0.5) is 16.2 Å². The quantitative estimate of drug-likeness (QED) is 0.509. The third kappa shape index (κ3) is 3.02. The van der Waals surface area contributed by atoms with Crippen molar-refractivity contribution in [1.82, 2.24) is 4.90 Å². The third-order valence-electron chi connectivity index (χ3n) is 2.59. The van der Waals surface area contributed by atoms with Crippen LogP contribution in [0.5, 0.6) is 0 Å². The second kappa shape index (κ2) is 6.10. The van der Waals surface area contributed by atoms with Gasteiger partial charge in [-0.25, -0.2) is 0 Å². The van der Waals surface area contributed by atoms with Gasteiger partial charge in [-0.3, -0.25) is 24.6 Å². The van der Waals surface area contributed by atoms with Crippen molar-refractivity contribution in [2.75, 3.05) is 17.7 Å². The number of nitrogens with one attached hydrogen (secondary N) is 1. The summed E-state index contributed by atoms with van der Waals surface area (Å²) < 4.78 is 0. The van der Waals surface area contributed by atoms with Gasteiger partial charge in [0.05, 0.1) is 4.92 Å². The molecule has 1 atom stereocenters. The van der Waals surface area contributed by atoms with Gasteiger partial charge in [-0.15, -0.1) is 11.6 Å². The number of anilines is 1. The zero-order valence-electron chi connectivity index (χ0n) is 10.1. The lowest BCUT2D eigenvalue weighted by Gasteiger charge is -2.13. The van der Waals surface area contributed by atoms with E-state index >= 15 is 0 Å². The molecule has 0 saturated carbocycles. The number of alkyl halides is 1. The summed E-state index contributed by atoms with van der Waals surface area (Å²) in [7, 11) is 0. The normalized spacial score (nSPS) is 18.4. The first-order chi connectivity index (χ1) is 9.52. The van der Waals surface area contributed by atoms with E-state index < -0.39 is 16.2 Å². The molecule has 1 heterocycles. The molecule has 1 unspecified atom stereocenters. The Balaban J connectivity index is 2.11. The van der Waals surface area contributed by atoms with E-state index in [2.05, 4.69) is 5.32 Å². The van der Waals surface area contributed by atoms with E-state index in [4.69, 9.17) is 11.6 Å². The number of nitrogens with zero attached hydrogens (tertiary/aromatic N) is 2. The highest BCUT2D eigenvalue weighted by atomic mass is 35.5. The molecule has 1 aliphatic heterocycles. The van der Waals surface area contributed by atoms with E-state index in [9.17, 15) is 19.7 Å². The highest BCUT2D eigenvalue weighted by Gasteiger charge is 2.39. The summed E-state index contributed by atoms with van der Waals surface area (Å²) in [6.07, 6.45) is 0. The molecule has 106 valence electrons. The van der Waals surface area contributed by atoms with E-state index in [0.29, 0.717) is 5.69 Å². The predicted molar refractivity (Wildman–Crippen MR) is 75.9 cm³/mol. The van der Waals surface area contributed by atoms with Gasteiger partial charge in [0.1, 0.15) is 0 Å². The number of nitro groups is 1. The molecule has 1 fully saturated rings. The Labute approximate surface area is 123 Å². The predicted octanol–water partition coefficient (Wildman–Crippen LogP) is 2.27. The Morgan fingerprint density at radius 2 is 2.20 bits per heavy atom. The molecule has 0 aliphatic carbocycles. The molecular weight excluding hydrogens is 306 g/mol. The summed E-state index contributed by atoms with van der Waals surface area (Å²) >= 11 is 6.35. The number of hydrogen-bond donors (Lipinski definition) is 1. The van der Waals surface area contributed by atoms with Crippen LogP contribution in [0.15, 0.2) is 24.3 Å². The van der Waals surface area contributed by atoms with Crippen LogP contribution >= 0.6 is 23.4 Å². The first-order valence-electron chi connectivity index (χ1n) is 5.62. The number of imide groups is 1. The molecule has 0 bridgehead atoms. The fourth-order valence-electron chi connectivity index (χ4n) is 1.68. The zero-order valence-corrected chi connectivity index (χ0v) is 11.7. The fraction of sp³-hybridized carbons (Fsp3) is 0.273. The summed E-state index contributed by atoms with van der Waals surface area (Å²) in [5, 5.41) is 12.3. The molecule has 0 aromatic heterocycles. The summed E-state index contributed by atoms with van der Waals surface area (Å²) in [5.74, 6) is -0.228. The topological polar surface area (TPSA) is 92.5 Å². The first-order valence-corrected chi connectivity index (χ1v) is 7.03. The van der Waals surface area contributed by atoms with Crippen molar-refractivity contribution in [3.8, 4) is 0 Å². The minimum atomic E-state index is -0.785. The lowest BCUT2D eigenvalue weighted by Crippen LogP contribution is -2.35. The maximum Gasteiger partial charge on any atom is 0.290 e. The van der Waals surface area contributed by atoms with Gasteiger partial charge in [0, 0.05) is 30.2 Å². The first kappa shape index (κ1) is 14.6. The van der Waals surface area contributed by atoms with Crippen molar-refractivity contribution < 1.29 is 14.5 Å². The number of amides is 2. The molecule has 7 nitrogen and oxygen atoms in total. The van der Waals surface area contributed by atoms with Crippen LogP contribution in [0.25, 0.3) is 0 Å². The number of thioether (sulfide) groups is 1. The van der Waals surface area contributed by atoms with E-state index in [0.717, 1.165) is 16.7 Å². The lowest BCUT2D eigenvalue weighted by molar-refractivity contribution is -0.384. The lowest BCUT2D eigenvalue weighted by atomic mass is 10.3. The maximum atomic E-state index is 12.0. The Bertz CT molecular complexity index is 568. The van der Waals surface area contributed by atoms with Crippen LogP contribution < -0.4 is 5.32 Å². The second-order valence-electron chi connectivity index (χ2n) is 3.89. The average molecular weight is 316 g/mol. The minimum absolute atomic E-state index is 0.0885. The molecule has 1 saturated heterocycles. The van der Waals surface area contributed by atoms with Crippen molar-refractivity contribution in [2.45, 2.75) is 5.37 Å². The van der Waals surface area contributed by atoms with E-state index in [1.165, 1.54) is 18.2 Å². The van der Waals surface area contributed by atoms with Gasteiger partial charge in [-0.1, -0.05) is 6.07 Å². The van der Waals surface area contributed by atoms with Crippen LogP contribution in [-0.4, -0.2) is 38.8 Å². The fourth-order valence-corrected chi connectivity index (χ4v) is 2.79. The maximum absolute atomic E-state index is 12.0. The zero-order chi connectivity index (χ0) is 14.7. The number of nitro benzene ring substituents is 1. The van der Waals surface area contributed by atoms with Crippen LogP contribution in [0, 0.1) is 10.1 Å². The van der Waals surface area contributed by atoms with Gasteiger partial charge in [0.2, 0.25) is 0 Å². The monoisotopic (exact) mass is 315 g/mol. The van der Waals surface area contributed by atoms with Gasteiger partial charge in [0.25, 0.3) is 16.8 Å². The summed E-state index contributed by atoms with van der Waals surface area (Å²) in [4.78, 5) is 34.8. The molecule has 2 rings (SSSR count). The number of halogens is 1. The summed E-state index contributed by atoms with van der Waals surface area (Å²) in [5.41, 5.74) is 0.319. The molecule has 20 heavy (non-hydrogen) atoms. The van der Waals surface area contributed by atoms with Gasteiger partial charge < -0.3 is 5.32 Å². The smallest absolute Gasteiger partial charge is 0.290 e. The van der Waals surface area contributed by atoms with Crippen molar-refractivity contribution in [1.29, 1.82) is 0 Å². The highest BCUT2D eigenvalue weighted by molar-refractivity contribution is 8.15. The summed E-state index contributed by atoms with van der Waals surface area (Å²) in [6, 6.07) is 5.75. The van der Waals surface area contributed by atoms with Crippen LogP contribution in [0.1, 0.15) is 0 Å².